The number of benzene rings is 1. The Hall–Kier alpha value is -0.740. The maximum atomic E-state index is 12.7. The van der Waals surface area contributed by atoms with E-state index in [0.717, 1.165) is 12.1 Å². The van der Waals surface area contributed by atoms with Gasteiger partial charge in [-0.2, -0.15) is 0 Å². The van der Waals surface area contributed by atoms with E-state index in [2.05, 4.69) is 5.32 Å². The minimum atomic E-state index is -0.777. The number of hydrogen-bond acceptors (Lipinski definition) is 2. The first-order chi connectivity index (χ1) is 7.18. The molecule has 3 unspecified atom stereocenters. The Balaban J connectivity index is 2.22. The third kappa shape index (κ3) is 2.26. The van der Waals surface area contributed by atoms with Crippen molar-refractivity contribution in [1.29, 1.82) is 0 Å². The average Bonchev–Trinajstić information content (AvgIpc) is 2.24. The van der Waals surface area contributed by atoms with Gasteiger partial charge in [0.1, 0.15) is 5.82 Å². The average molecular weight is 227 g/mol. The van der Waals surface area contributed by atoms with Crippen molar-refractivity contribution in [3.8, 4) is 0 Å². The molecule has 2 rings (SSSR count). The van der Waals surface area contributed by atoms with Crippen LogP contribution in [0, 0.1) is 5.82 Å². The molecule has 4 heteroatoms. The fraction of sp³-hybridized carbons (Fsp3) is 0.455. The van der Waals surface area contributed by atoms with Crippen LogP contribution in [0.1, 0.15) is 18.5 Å². The van der Waals surface area contributed by atoms with Gasteiger partial charge in [0, 0.05) is 29.1 Å². The Morgan fingerprint density at radius 2 is 2.07 bits per heavy atom. The smallest absolute Gasteiger partial charge is 0.123 e. The normalized spacial score (nSPS) is 31.5. The molecule has 1 saturated heterocycles. The summed E-state index contributed by atoms with van der Waals surface area (Å²) in [5, 5.41) is 3.41. The van der Waals surface area contributed by atoms with Gasteiger partial charge in [0.05, 0.1) is 5.25 Å². The van der Waals surface area contributed by atoms with Crippen molar-refractivity contribution in [2.45, 2.75) is 18.2 Å². The van der Waals surface area contributed by atoms with Gasteiger partial charge in [0.15, 0.2) is 0 Å². The fourth-order valence-corrected chi connectivity index (χ4v) is 3.13. The highest BCUT2D eigenvalue weighted by Crippen LogP contribution is 2.23. The molecule has 0 saturated carbocycles. The van der Waals surface area contributed by atoms with Crippen LogP contribution in [0.15, 0.2) is 24.3 Å². The van der Waals surface area contributed by atoms with Crippen LogP contribution in [-0.4, -0.2) is 21.8 Å². The molecular formula is C11H14FNOS. The molecule has 82 valence electrons. The Morgan fingerprint density at radius 1 is 1.40 bits per heavy atom. The maximum Gasteiger partial charge on any atom is 0.123 e. The molecule has 1 aliphatic heterocycles. The third-order valence-electron chi connectivity index (χ3n) is 2.78. The minimum absolute atomic E-state index is 0.0835. The van der Waals surface area contributed by atoms with Gasteiger partial charge in [-0.05, 0) is 24.6 Å². The molecule has 1 aliphatic rings. The van der Waals surface area contributed by atoms with Gasteiger partial charge in [-0.25, -0.2) is 4.39 Å². The van der Waals surface area contributed by atoms with Crippen molar-refractivity contribution in [2.24, 2.45) is 0 Å². The van der Waals surface area contributed by atoms with E-state index in [0.29, 0.717) is 5.75 Å². The van der Waals surface area contributed by atoms with Gasteiger partial charge < -0.3 is 5.32 Å². The molecule has 2 nitrogen and oxygen atoms in total. The van der Waals surface area contributed by atoms with Crippen molar-refractivity contribution in [3.05, 3.63) is 35.6 Å². The molecular weight excluding hydrogens is 213 g/mol. The molecule has 1 heterocycles. The topological polar surface area (TPSA) is 29.1 Å². The van der Waals surface area contributed by atoms with Gasteiger partial charge in [0.2, 0.25) is 0 Å². The second-order valence-electron chi connectivity index (χ2n) is 3.77. The van der Waals surface area contributed by atoms with E-state index >= 15 is 0 Å². The SMILES string of the molecule is CC1C(c2ccc(F)cc2)NCCS1=O. The number of nitrogens with one attached hydrogen (secondary N) is 1. The van der Waals surface area contributed by atoms with Gasteiger partial charge in [-0.15, -0.1) is 0 Å². The summed E-state index contributed by atoms with van der Waals surface area (Å²) in [4.78, 5) is 0. The standard InChI is InChI=1S/C11H14FNOS/c1-8-11(13-6-7-15(8)14)9-2-4-10(12)5-3-9/h2-5,8,11,13H,6-7H2,1H3. The first-order valence-electron chi connectivity index (χ1n) is 5.04. The van der Waals surface area contributed by atoms with Crippen molar-refractivity contribution >= 4 is 10.8 Å². The summed E-state index contributed by atoms with van der Waals surface area (Å²) in [7, 11) is -0.777. The highest BCUT2D eigenvalue weighted by Gasteiger charge is 2.27. The molecule has 0 amide bonds. The van der Waals surface area contributed by atoms with Gasteiger partial charge in [-0.1, -0.05) is 12.1 Å². The number of halogens is 1. The van der Waals surface area contributed by atoms with Crippen LogP contribution in [0.3, 0.4) is 0 Å². The lowest BCUT2D eigenvalue weighted by molar-refractivity contribution is 0.513. The van der Waals surface area contributed by atoms with Gasteiger partial charge in [0.25, 0.3) is 0 Å². The summed E-state index contributed by atoms with van der Waals surface area (Å²) in [6.07, 6.45) is 0. The summed E-state index contributed by atoms with van der Waals surface area (Å²) < 4.78 is 24.4. The predicted octanol–water partition coefficient (Wildman–Crippen LogP) is 1.61. The molecule has 1 aromatic rings. The van der Waals surface area contributed by atoms with Gasteiger partial charge in [-0.3, -0.25) is 4.21 Å². The van der Waals surface area contributed by atoms with Crippen molar-refractivity contribution in [3.63, 3.8) is 0 Å². The van der Waals surface area contributed by atoms with Crippen molar-refractivity contribution < 1.29 is 8.60 Å². The second-order valence-corrected chi connectivity index (χ2v) is 5.69. The molecule has 1 aromatic carbocycles. The lowest BCUT2D eigenvalue weighted by Gasteiger charge is -2.29. The first-order valence-corrected chi connectivity index (χ1v) is 6.43. The Morgan fingerprint density at radius 3 is 2.73 bits per heavy atom. The zero-order valence-corrected chi connectivity index (χ0v) is 9.39. The Kier molecular flexibility index (Phi) is 3.17. The monoisotopic (exact) mass is 227 g/mol. The molecule has 0 aliphatic carbocycles. The van der Waals surface area contributed by atoms with E-state index in [9.17, 15) is 8.60 Å². The molecule has 3 atom stereocenters. The van der Waals surface area contributed by atoms with E-state index in [1.165, 1.54) is 12.1 Å². The second kappa shape index (κ2) is 4.41. The summed E-state index contributed by atoms with van der Waals surface area (Å²) in [6.45, 7) is 2.73. The molecule has 0 spiro atoms. The van der Waals surface area contributed by atoms with Crippen LogP contribution >= 0.6 is 0 Å². The van der Waals surface area contributed by atoms with Crippen LogP contribution in [0.4, 0.5) is 4.39 Å². The summed E-state index contributed by atoms with van der Waals surface area (Å²) in [5.74, 6) is 0.474. The molecule has 1 N–H and O–H groups in total. The highest BCUT2D eigenvalue weighted by atomic mass is 32.2. The third-order valence-corrected chi connectivity index (χ3v) is 4.49. The zero-order valence-electron chi connectivity index (χ0n) is 8.57. The van der Waals surface area contributed by atoms with Crippen LogP contribution < -0.4 is 5.32 Å². The van der Waals surface area contributed by atoms with Crippen LogP contribution in [0.25, 0.3) is 0 Å². The Bertz CT molecular complexity index is 365. The Labute approximate surface area is 91.3 Å². The van der Waals surface area contributed by atoms with E-state index in [4.69, 9.17) is 0 Å². The van der Waals surface area contributed by atoms with E-state index in [-0.39, 0.29) is 17.1 Å². The quantitative estimate of drug-likeness (QED) is 0.789. The van der Waals surface area contributed by atoms with Crippen molar-refractivity contribution in [1.82, 2.24) is 5.32 Å². The summed E-state index contributed by atoms with van der Waals surface area (Å²) >= 11 is 0. The van der Waals surface area contributed by atoms with Crippen LogP contribution in [0.2, 0.25) is 0 Å². The zero-order chi connectivity index (χ0) is 10.8. The number of rotatable bonds is 1. The largest absolute Gasteiger partial charge is 0.308 e. The van der Waals surface area contributed by atoms with E-state index in [1.807, 2.05) is 6.92 Å². The lowest BCUT2D eigenvalue weighted by atomic mass is 10.0. The molecule has 15 heavy (non-hydrogen) atoms. The summed E-state index contributed by atoms with van der Waals surface area (Å²) in [5.41, 5.74) is 1.01. The van der Waals surface area contributed by atoms with Crippen molar-refractivity contribution in [2.75, 3.05) is 12.3 Å². The van der Waals surface area contributed by atoms with E-state index in [1.54, 1.807) is 12.1 Å². The molecule has 1 fully saturated rings. The molecule has 0 aromatic heterocycles. The first kappa shape index (κ1) is 10.8. The molecule has 0 radical (unpaired) electrons. The number of hydrogen-bond donors (Lipinski definition) is 1. The van der Waals surface area contributed by atoms with E-state index < -0.39 is 10.8 Å². The predicted molar refractivity (Wildman–Crippen MR) is 59.6 cm³/mol. The van der Waals surface area contributed by atoms with Gasteiger partial charge >= 0.3 is 0 Å². The fourth-order valence-electron chi connectivity index (χ4n) is 1.88. The highest BCUT2D eigenvalue weighted by molar-refractivity contribution is 7.85. The summed E-state index contributed by atoms with van der Waals surface area (Å²) in [6, 6.07) is 6.49. The van der Waals surface area contributed by atoms with Crippen LogP contribution in [-0.2, 0) is 10.8 Å². The lowest BCUT2D eigenvalue weighted by Crippen LogP contribution is -2.42. The van der Waals surface area contributed by atoms with Crippen LogP contribution in [0.5, 0.6) is 0 Å². The molecule has 0 bridgehead atoms. The minimum Gasteiger partial charge on any atom is -0.308 e. The maximum absolute atomic E-state index is 12.7.